The molecule has 50 valence electrons. The second-order valence-electron chi connectivity index (χ2n) is 2.00. The van der Waals surface area contributed by atoms with Crippen molar-refractivity contribution in [3.63, 3.8) is 0 Å². The van der Waals surface area contributed by atoms with Crippen LogP contribution in [0.1, 0.15) is 0 Å². The Morgan fingerprint density at radius 1 is 1.11 bits per heavy atom. The fourth-order valence-corrected chi connectivity index (χ4v) is 1.35. The second-order valence-corrected chi connectivity index (χ2v) is 3.44. The quantitative estimate of drug-likeness (QED) is 0.450. The van der Waals surface area contributed by atoms with E-state index in [0.29, 0.717) is 12.6 Å². The second kappa shape index (κ2) is 1.96. The molecule has 1 aliphatic rings. The monoisotopic (exact) mass is 166 g/mol. The molecule has 0 radical (unpaired) electrons. The molecule has 0 aromatic rings. The molecule has 1 rings (SSSR count). The summed E-state index contributed by atoms with van der Waals surface area (Å²) in [6, 6.07) is 0. The molecule has 0 aromatic heterocycles. The van der Waals surface area contributed by atoms with Crippen LogP contribution >= 0.6 is 23.2 Å². The Hall–Kier alpha value is -0.0800. The third kappa shape index (κ3) is 0.864. The third-order valence-electron chi connectivity index (χ3n) is 1.46. The first kappa shape index (κ1) is 7.03. The number of alkyl halides is 2. The molecule has 2 nitrogen and oxygen atoms in total. The minimum absolute atomic E-state index is 0.488. The highest BCUT2D eigenvalue weighted by atomic mass is 35.5. The van der Waals surface area contributed by atoms with Crippen molar-refractivity contribution in [3.05, 3.63) is 0 Å². The van der Waals surface area contributed by atoms with Gasteiger partial charge in [-0.2, -0.15) is 0 Å². The molecule has 0 heterocycles. The van der Waals surface area contributed by atoms with Gasteiger partial charge >= 0.3 is 0 Å². The Bertz CT molecular complexity index is 139. The summed E-state index contributed by atoms with van der Waals surface area (Å²) in [4.78, 5) is 20.0. The van der Waals surface area contributed by atoms with Gasteiger partial charge in [-0.15, -0.1) is 23.2 Å². The molecule has 2 unspecified atom stereocenters. The van der Waals surface area contributed by atoms with Crippen molar-refractivity contribution in [1.29, 1.82) is 0 Å². The lowest BCUT2D eigenvalue weighted by Gasteiger charge is -1.86. The van der Waals surface area contributed by atoms with Gasteiger partial charge in [-0.1, -0.05) is 0 Å². The largest absolute Gasteiger partial charge is 0.303 e. The van der Waals surface area contributed by atoms with Gasteiger partial charge in [0.05, 0.1) is 11.8 Å². The molecule has 1 saturated carbocycles. The number of carbonyl (C=O) groups is 2. The Balaban J connectivity index is 2.64. The molecular formula is C5H4Cl2O2. The summed E-state index contributed by atoms with van der Waals surface area (Å²) < 4.78 is -1.11. The summed E-state index contributed by atoms with van der Waals surface area (Å²) in [6.07, 6.45) is 1.22. The molecule has 2 atom stereocenters. The van der Waals surface area contributed by atoms with Crippen LogP contribution in [0, 0.1) is 11.8 Å². The summed E-state index contributed by atoms with van der Waals surface area (Å²) in [5.41, 5.74) is 0. The van der Waals surface area contributed by atoms with E-state index in [-0.39, 0.29) is 0 Å². The van der Waals surface area contributed by atoms with E-state index in [2.05, 4.69) is 0 Å². The molecule has 4 heteroatoms. The van der Waals surface area contributed by atoms with Crippen LogP contribution in [0.2, 0.25) is 0 Å². The zero-order valence-corrected chi connectivity index (χ0v) is 5.89. The van der Waals surface area contributed by atoms with Crippen molar-refractivity contribution >= 4 is 35.8 Å². The number of aldehydes is 2. The Kier molecular flexibility index (Phi) is 1.53. The maximum atomic E-state index is 10.0. The van der Waals surface area contributed by atoms with Crippen LogP contribution in [0.4, 0.5) is 0 Å². The number of hydrogen-bond acceptors (Lipinski definition) is 2. The van der Waals surface area contributed by atoms with Crippen molar-refractivity contribution in [3.8, 4) is 0 Å². The Morgan fingerprint density at radius 3 is 1.56 bits per heavy atom. The molecule has 1 aliphatic carbocycles. The molecule has 9 heavy (non-hydrogen) atoms. The standard InChI is InChI=1S/C5H4Cl2O2/c6-5(7)3(1-8)4(5)2-9/h1-4H. The van der Waals surface area contributed by atoms with Gasteiger partial charge in [-0.3, -0.25) is 0 Å². The lowest BCUT2D eigenvalue weighted by molar-refractivity contribution is -0.112. The predicted molar refractivity (Wildman–Crippen MR) is 33.5 cm³/mol. The molecule has 0 aliphatic heterocycles. The minimum atomic E-state index is -1.11. The maximum absolute atomic E-state index is 10.0. The zero-order valence-electron chi connectivity index (χ0n) is 4.38. The summed E-state index contributed by atoms with van der Waals surface area (Å²) >= 11 is 11.0. The molecular weight excluding hydrogens is 163 g/mol. The van der Waals surface area contributed by atoms with Gasteiger partial charge in [-0.25, -0.2) is 0 Å². The predicted octanol–water partition coefficient (Wildman–Crippen LogP) is 0.804. The lowest BCUT2D eigenvalue weighted by Crippen LogP contribution is -1.90. The summed E-state index contributed by atoms with van der Waals surface area (Å²) in [6.45, 7) is 0. The van der Waals surface area contributed by atoms with Crippen molar-refractivity contribution in [2.45, 2.75) is 4.33 Å². The third-order valence-corrected chi connectivity index (χ3v) is 2.47. The van der Waals surface area contributed by atoms with E-state index in [9.17, 15) is 9.59 Å². The number of rotatable bonds is 2. The molecule has 0 saturated heterocycles. The topological polar surface area (TPSA) is 34.1 Å². The van der Waals surface area contributed by atoms with Gasteiger partial charge in [0.2, 0.25) is 0 Å². The highest BCUT2D eigenvalue weighted by Gasteiger charge is 2.63. The number of hydrogen-bond donors (Lipinski definition) is 0. The maximum Gasteiger partial charge on any atom is 0.138 e. The van der Waals surface area contributed by atoms with Crippen LogP contribution in [0.25, 0.3) is 0 Å². The van der Waals surface area contributed by atoms with Gasteiger partial charge in [0, 0.05) is 0 Å². The van der Waals surface area contributed by atoms with Crippen LogP contribution in [0.5, 0.6) is 0 Å². The summed E-state index contributed by atoms with van der Waals surface area (Å²) in [5, 5.41) is 0. The van der Waals surface area contributed by atoms with Crippen molar-refractivity contribution in [1.82, 2.24) is 0 Å². The van der Waals surface area contributed by atoms with Crippen LogP contribution in [0.15, 0.2) is 0 Å². The van der Waals surface area contributed by atoms with Crippen LogP contribution < -0.4 is 0 Å². The average molecular weight is 167 g/mol. The summed E-state index contributed by atoms with van der Waals surface area (Å²) in [5.74, 6) is -0.975. The first-order chi connectivity index (χ1) is 4.14. The minimum Gasteiger partial charge on any atom is -0.303 e. The van der Waals surface area contributed by atoms with E-state index in [1.54, 1.807) is 0 Å². The van der Waals surface area contributed by atoms with Crippen molar-refractivity contribution < 1.29 is 9.59 Å². The van der Waals surface area contributed by atoms with Crippen LogP contribution in [-0.2, 0) is 9.59 Å². The van der Waals surface area contributed by atoms with Crippen molar-refractivity contribution in [2.75, 3.05) is 0 Å². The molecule has 0 amide bonds. The van der Waals surface area contributed by atoms with Gasteiger partial charge in [0.1, 0.15) is 16.9 Å². The first-order valence-corrected chi connectivity index (χ1v) is 3.18. The molecule has 0 N–H and O–H groups in total. The highest BCUT2D eigenvalue weighted by Crippen LogP contribution is 2.56. The first-order valence-electron chi connectivity index (χ1n) is 2.43. The molecule has 0 bridgehead atoms. The highest BCUT2D eigenvalue weighted by molar-refractivity contribution is 6.53. The van der Waals surface area contributed by atoms with Crippen molar-refractivity contribution in [2.24, 2.45) is 11.8 Å². The van der Waals surface area contributed by atoms with Gasteiger partial charge in [0.15, 0.2) is 0 Å². The van der Waals surface area contributed by atoms with E-state index in [1.165, 1.54) is 0 Å². The normalized spacial score (nSPS) is 37.6. The summed E-state index contributed by atoms with van der Waals surface area (Å²) in [7, 11) is 0. The van der Waals surface area contributed by atoms with Crippen LogP contribution in [-0.4, -0.2) is 16.9 Å². The number of halogens is 2. The van der Waals surface area contributed by atoms with E-state index < -0.39 is 16.2 Å². The van der Waals surface area contributed by atoms with E-state index in [1.807, 2.05) is 0 Å². The Labute approximate surface area is 62.1 Å². The SMILES string of the molecule is O=CC1C(C=O)C1(Cl)Cl. The zero-order chi connectivity index (χ0) is 7.07. The van der Waals surface area contributed by atoms with Gasteiger partial charge < -0.3 is 9.59 Å². The average Bonchev–Trinajstić information content (AvgIpc) is 2.32. The Morgan fingerprint density at radius 2 is 1.44 bits per heavy atom. The van der Waals surface area contributed by atoms with Gasteiger partial charge in [0.25, 0.3) is 0 Å². The van der Waals surface area contributed by atoms with E-state index in [0.717, 1.165) is 0 Å². The lowest BCUT2D eigenvalue weighted by atomic mass is 10.4. The van der Waals surface area contributed by atoms with E-state index >= 15 is 0 Å². The fraction of sp³-hybridized carbons (Fsp3) is 0.600. The number of carbonyl (C=O) groups excluding carboxylic acids is 2. The van der Waals surface area contributed by atoms with Gasteiger partial charge in [-0.05, 0) is 0 Å². The van der Waals surface area contributed by atoms with E-state index in [4.69, 9.17) is 23.2 Å². The molecule has 1 fully saturated rings. The molecule has 0 spiro atoms. The fourth-order valence-electron chi connectivity index (χ4n) is 0.726. The van der Waals surface area contributed by atoms with Crippen LogP contribution in [0.3, 0.4) is 0 Å². The smallest absolute Gasteiger partial charge is 0.138 e. The molecule has 0 aromatic carbocycles.